The minimum atomic E-state index is -0.495. The summed E-state index contributed by atoms with van der Waals surface area (Å²) in [7, 11) is 0. The van der Waals surface area contributed by atoms with E-state index in [0.29, 0.717) is 10.6 Å². The van der Waals surface area contributed by atoms with Gasteiger partial charge in [0, 0.05) is 5.56 Å². The van der Waals surface area contributed by atoms with Crippen LogP contribution in [0.15, 0.2) is 24.3 Å². The van der Waals surface area contributed by atoms with E-state index in [-0.39, 0.29) is 18.2 Å². The minimum absolute atomic E-state index is 0. The zero-order valence-corrected chi connectivity index (χ0v) is 8.73. The van der Waals surface area contributed by atoms with Crippen molar-refractivity contribution >= 4 is 29.8 Å². The summed E-state index contributed by atoms with van der Waals surface area (Å²) in [5, 5.41) is 0.458. The standard InChI is InChI=1S/C9H10ClNO.ClH/c1-6(11)9(12)7-4-2-3-5-8(7)10;/h2-6H,11H2,1H3;1H. The summed E-state index contributed by atoms with van der Waals surface area (Å²) in [5.74, 6) is -0.124. The normalized spacial score (nSPS) is 11.6. The van der Waals surface area contributed by atoms with Crippen molar-refractivity contribution in [3.05, 3.63) is 34.9 Å². The molecule has 1 atom stereocenters. The predicted octanol–water partition coefficient (Wildman–Crippen LogP) is 2.29. The molecule has 2 N–H and O–H groups in total. The third kappa shape index (κ3) is 2.99. The van der Waals surface area contributed by atoms with Gasteiger partial charge in [-0.05, 0) is 19.1 Å². The third-order valence-corrected chi connectivity index (χ3v) is 1.88. The van der Waals surface area contributed by atoms with Crippen LogP contribution in [0.4, 0.5) is 0 Å². The quantitative estimate of drug-likeness (QED) is 0.777. The molecule has 1 unspecified atom stereocenters. The average molecular weight is 220 g/mol. The molecule has 0 aliphatic heterocycles. The van der Waals surface area contributed by atoms with Crippen LogP contribution < -0.4 is 5.73 Å². The van der Waals surface area contributed by atoms with Gasteiger partial charge < -0.3 is 5.73 Å². The van der Waals surface area contributed by atoms with Crippen LogP contribution in [0.1, 0.15) is 17.3 Å². The lowest BCUT2D eigenvalue weighted by Crippen LogP contribution is -2.26. The zero-order valence-electron chi connectivity index (χ0n) is 7.16. The largest absolute Gasteiger partial charge is 0.321 e. The molecule has 1 aromatic rings. The molecule has 2 nitrogen and oxygen atoms in total. The molecule has 0 aliphatic carbocycles. The molecule has 0 bridgehead atoms. The van der Waals surface area contributed by atoms with Crippen molar-refractivity contribution in [2.75, 3.05) is 0 Å². The number of carbonyl (C=O) groups is 1. The van der Waals surface area contributed by atoms with Gasteiger partial charge in [0.15, 0.2) is 5.78 Å². The fraction of sp³-hybridized carbons (Fsp3) is 0.222. The van der Waals surface area contributed by atoms with Gasteiger partial charge in [0.25, 0.3) is 0 Å². The maximum Gasteiger partial charge on any atom is 0.180 e. The first-order valence-electron chi connectivity index (χ1n) is 3.67. The van der Waals surface area contributed by atoms with Crippen LogP contribution in [0, 0.1) is 0 Å². The molecule has 0 saturated heterocycles. The van der Waals surface area contributed by atoms with E-state index in [0.717, 1.165) is 0 Å². The highest BCUT2D eigenvalue weighted by Crippen LogP contribution is 2.15. The number of Topliss-reactive ketones (excluding diaryl/α,β-unsaturated/α-hetero) is 1. The molecule has 0 radical (unpaired) electrons. The van der Waals surface area contributed by atoms with Crippen molar-refractivity contribution in [2.45, 2.75) is 13.0 Å². The van der Waals surface area contributed by atoms with Gasteiger partial charge in [-0.1, -0.05) is 23.7 Å². The number of hydrogen-bond donors (Lipinski definition) is 1. The molecule has 0 aliphatic rings. The molecule has 1 aromatic carbocycles. The maximum atomic E-state index is 11.4. The Bertz CT molecular complexity index is 299. The van der Waals surface area contributed by atoms with Gasteiger partial charge in [-0.2, -0.15) is 0 Å². The van der Waals surface area contributed by atoms with Crippen LogP contribution in [0.3, 0.4) is 0 Å². The smallest absolute Gasteiger partial charge is 0.180 e. The molecule has 0 spiro atoms. The van der Waals surface area contributed by atoms with Crippen LogP contribution >= 0.6 is 24.0 Å². The van der Waals surface area contributed by atoms with Crippen LogP contribution in [-0.2, 0) is 0 Å². The lowest BCUT2D eigenvalue weighted by molar-refractivity contribution is 0.0968. The Kier molecular flexibility index (Phi) is 4.99. The summed E-state index contributed by atoms with van der Waals surface area (Å²) in [4.78, 5) is 11.4. The molecule has 0 amide bonds. The first kappa shape index (κ1) is 12.4. The van der Waals surface area contributed by atoms with E-state index in [4.69, 9.17) is 17.3 Å². The van der Waals surface area contributed by atoms with Gasteiger partial charge in [-0.25, -0.2) is 0 Å². The Morgan fingerprint density at radius 3 is 2.46 bits per heavy atom. The third-order valence-electron chi connectivity index (χ3n) is 1.55. The van der Waals surface area contributed by atoms with Gasteiger partial charge in [0.2, 0.25) is 0 Å². The lowest BCUT2D eigenvalue weighted by Gasteiger charge is -2.05. The van der Waals surface area contributed by atoms with Crippen molar-refractivity contribution in [3.8, 4) is 0 Å². The SMILES string of the molecule is CC(N)C(=O)c1ccccc1Cl.Cl. The monoisotopic (exact) mass is 219 g/mol. The number of ketones is 1. The van der Waals surface area contributed by atoms with Crippen molar-refractivity contribution in [2.24, 2.45) is 5.73 Å². The van der Waals surface area contributed by atoms with Crippen molar-refractivity contribution in [3.63, 3.8) is 0 Å². The number of benzene rings is 1. The van der Waals surface area contributed by atoms with E-state index < -0.39 is 6.04 Å². The summed E-state index contributed by atoms with van der Waals surface area (Å²) < 4.78 is 0. The minimum Gasteiger partial charge on any atom is -0.321 e. The van der Waals surface area contributed by atoms with Gasteiger partial charge in [0.05, 0.1) is 11.1 Å². The van der Waals surface area contributed by atoms with E-state index in [9.17, 15) is 4.79 Å². The molecule has 4 heteroatoms. The van der Waals surface area contributed by atoms with E-state index in [1.165, 1.54) is 0 Å². The highest BCUT2D eigenvalue weighted by molar-refractivity contribution is 6.34. The molecule has 0 saturated carbocycles. The lowest BCUT2D eigenvalue weighted by atomic mass is 10.1. The summed E-state index contributed by atoms with van der Waals surface area (Å²) in [6.45, 7) is 1.64. The average Bonchev–Trinajstić information content (AvgIpc) is 2.04. The molecule has 0 heterocycles. The van der Waals surface area contributed by atoms with Gasteiger partial charge in [0.1, 0.15) is 0 Å². The first-order chi connectivity index (χ1) is 5.63. The summed E-state index contributed by atoms with van der Waals surface area (Å²) in [5.41, 5.74) is 5.92. The fourth-order valence-corrected chi connectivity index (χ4v) is 1.14. The second kappa shape index (κ2) is 5.22. The molecule has 1 rings (SSSR count). The van der Waals surface area contributed by atoms with Crippen LogP contribution in [-0.4, -0.2) is 11.8 Å². The topological polar surface area (TPSA) is 43.1 Å². The molecule has 72 valence electrons. The Morgan fingerprint density at radius 2 is 2.00 bits per heavy atom. The highest BCUT2D eigenvalue weighted by Gasteiger charge is 2.12. The number of halogens is 2. The Labute approximate surface area is 88.5 Å². The molecular formula is C9H11Cl2NO. The number of rotatable bonds is 2. The Morgan fingerprint density at radius 1 is 1.46 bits per heavy atom. The summed E-state index contributed by atoms with van der Waals surface area (Å²) in [6.07, 6.45) is 0. The Balaban J connectivity index is 0.00000144. The van der Waals surface area contributed by atoms with Gasteiger partial charge >= 0.3 is 0 Å². The van der Waals surface area contributed by atoms with Crippen molar-refractivity contribution in [1.82, 2.24) is 0 Å². The maximum absolute atomic E-state index is 11.4. The van der Waals surface area contributed by atoms with Gasteiger partial charge in [-0.15, -0.1) is 12.4 Å². The molecular weight excluding hydrogens is 209 g/mol. The predicted molar refractivity (Wildman–Crippen MR) is 56.7 cm³/mol. The number of carbonyl (C=O) groups excluding carboxylic acids is 1. The number of nitrogens with two attached hydrogens (primary N) is 1. The van der Waals surface area contributed by atoms with E-state index in [1.807, 2.05) is 0 Å². The van der Waals surface area contributed by atoms with Crippen molar-refractivity contribution in [1.29, 1.82) is 0 Å². The second-order valence-electron chi connectivity index (χ2n) is 2.63. The van der Waals surface area contributed by atoms with Crippen LogP contribution in [0.2, 0.25) is 5.02 Å². The van der Waals surface area contributed by atoms with Crippen LogP contribution in [0.5, 0.6) is 0 Å². The zero-order chi connectivity index (χ0) is 9.14. The van der Waals surface area contributed by atoms with Gasteiger partial charge in [-0.3, -0.25) is 4.79 Å². The van der Waals surface area contributed by atoms with E-state index in [1.54, 1.807) is 31.2 Å². The molecule has 13 heavy (non-hydrogen) atoms. The molecule has 0 aromatic heterocycles. The summed E-state index contributed by atoms with van der Waals surface area (Å²) >= 11 is 5.79. The van der Waals surface area contributed by atoms with Crippen molar-refractivity contribution < 1.29 is 4.79 Å². The Hall–Kier alpha value is -0.570. The van der Waals surface area contributed by atoms with Crippen LogP contribution in [0.25, 0.3) is 0 Å². The second-order valence-corrected chi connectivity index (χ2v) is 3.04. The molecule has 0 fully saturated rings. The van der Waals surface area contributed by atoms with E-state index in [2.05, 4.69) is 0 Å². The number of hydrogen-bond acceptors (Lipinski definition) is 2. The summed E-state index contributed by atoms with van der Waals surface area (Å²) in [6, 6.07) is 6.40. The first-order valence-corrected chi connectivity index (χ1v) is 4.05. The highest BCUT2D eigenvalue weighted by atomic mass is 35.5. The fourth-order valence-electron chi connectivity index (χ4n) is 0.906. The van der Waals surface area contributed by atoms with E-state index >= 15 is 0 Å².